The monoisotopic (exact) mass is 456 g/mol. The van der Waals surface area contributed by atoms with Crippen LogP contribution in [0.4, 0.5) is 0 Å². The van der Waals surface area contributed by atoms with Crippen molar-refractivity contribution in [2.45, 2.75) is 119 Å². The van der Waals surface area contributed by atoms with Crippen molar-refractivity contribution in [3.05, 3.63) is 11.1 Å². The lowest BCUT2D eigenvalue weighted by molar-refractivity contribution is -0.141. The van der Waals surface area contributed by atoms with Crippen LogP contribution in [0.5, 0.6) is 0 Å². The lowest BCUT2D eigenvalue weighted by Gasteiger charge is -2.60. The second-order valence-electron chi connectivity index (χ2n) is 14.0. The summed E-state index contributed by atoms with van der Waals surface area (Å²) in [5, 5.41) is 10.8. The van der Waals surface area contributed by atoms with Crippen molar-refractivity contribution in [3.8, 4) is 0 Å². The van der Waals surface area contributed by atoms with Gasteiger partial charge in [-0.1, -0.05) is 74.7 Å². The highest BCUT2D eigenvalue weighted by Gasteiger charge is 2.67. The summed E-state index contributed by atoms with van der Waals surface area (Å²) < 4.78 is 0. The highest BCUT2D eigenvalue weighted by Crippen LogP contribution is 2.71. The lowest BCUT2D eigenvalue weighted by atomic mass is 9.43. The standard InChI is InChI=1S/C30H48O3/c1-18(2)10-9-11-19(3)20-12-15-29(7)26-21(31)16-23-27(4,5)24(33)13-14-28(23,6)25(26)22(32)17-30(20,29)8/h18-20,23-24,33H,9-17H2,1-8H3/t19-,20-,23-,24-,28+,29+,30+/m0/s1. The van der Waals surface area contributed by atoms with Crippen LogP contribution in [0.3, 0.4) is 0 Å². The van der Waals surface area contributed by atoms with Gasteiger partial charge >= 0.3 is 0 Å². The largest absolute Gasteiger partial charge is 0.393 e. The fourth-order valence-corrected chi connectivity index (χ4v) is 9.16. The molecule has 3 nitrogen and oxygen atoms in total. The van der Waals surface area contributed by atoms with E-state index in [1.807, 2.05) is 0 Å². The summed E-state index contributed by atoms with van der Waals surface area (Å²) in [5.74, 6) is 2.27. The molecule has 0 unspecified atom stereocenters. The van der Waals surface area contributed by atoms with Crippen LogP contribution in [0, 0.1) is 45.3 Å². The van der Waals surface area contributed by atoms with Crippen LogP contribution in [0.25, 0.3) is 0 Å². The number of ketones is 2. The Balaban J connectivity index is 1.74. The molecule has 33 heavy (non-hydrogen) atoms. The number of carbonyl (C=O) groups excluding carboxylic acids is 2. The highest BCUT2D eigenvalue weighted by atomic mass is 16.3. The van der Waals surface area contributed by atoms with E-state index in [2.05, 4.69) is 55.4 Å². The van der Waals surface area contributed by atoms with E-state index in [-0.39, 0.29) is 39.1 Å². The van der Waals surface area contributed by atoms with Gasteiger partial charge in [0.15, 0.2) is 11.6 Å². The SMILES string of the molecule is CC(C)CCC[C@H](C)[C@@H]1CC[C@]2(C)C3=C(C(=O)C[C@]12C)[C@]1(C)CC[C@H](O)C(C)(C)[C@@H]1CC3=O. The van der Waals surface area contributed by atoms with E-state index in [1.54, 1.807) is 0 Å². The summed E-state index contributed by atoms with van der Waals surface area (Å²) in [4.78, 5) is 27.9. The second kappa shape index (κ2) is 8.04. The van der Waals surface area contributed by atoms with Gasteiger partial charge < -0.3 is 5.11 Å². The fraction of sp³-hybridized carbons (Fsp3) is 0.867. The van der Waals surface area contributed by atoms with Gasteiger partial charge in [-0.2, -0.15) is 0 Å². The predicted octanol–water partition coefficient (Wildman–Crippen LogP) is 6.92. The molecule has 2 fully saturated rings. The highest BCUT2D eigenvalue weighted by molar-refractivity contribution is 6.11. The fourth-order valence-electron chi connectivity index (χ4n) is 9.16. The van der Waals surface area contributed by atoms with E-state index in [0.717, 1.165) is 36.3 Å². The topological polar surface area (TPSA) is 54.4 Å². The van der Waals surface area contributed by atoms with E-state index in [4.69, 9.17) is 0 Å². The average Bonchev–Trinajstić information content (AvgIpc) is 2.97. The maximum Gasteiger partial charge on any atom is 0.160 e. The van der Waals surface area contributed by atoms with Gasteiger partial charge in [0.1, 0.15) is 0 Å². The van der Waals surface area contributed by atoms with Crippen molar-refractivity contribution in [3.63, 3.8) is 0 Å². The van der Waals surface area contributed by atoms with Crippen molar-refractivity contribution in [2.24, 2.45) is 45.3 Å². The molecule has 0 amide bonds. The van der Waals surface area contributed by atoms with Crippen LogP contribution in [0.2, 0.25) is 0 Å². The number of allylic oxidation sites excluding steroid dienone is 2. The third-order valence-electron chi connectivity index (χ3n) is 11.5. The van der Waals surface area contributed by atoms with Crippen molar-refractivity contribution in [2.75, 3.05) is 0 Å². The summed E-state index contributed by atoms with van der Waals surface area (Å²) in [7, 11) is 0. The molecule has 0 bridgehead atoms. The van der Waals surface area contributed by atoms with Crippen molar-refractivity contribution < 1.29 is 14.7 Å². The van der Waals surface area contributed by atoms with Gasteiger partial charge in [-0.05, 0) is 60.2 Å². The molecule has 4 aliphatic carbocycles. The van der Waals surface area contributed by atoms with Crippen molar-refractivity contribution in [1.29, 1.82) is 0 Å². The van der Waals surface area contributed by atoms with E-state index in [9.17, 15) is 14.7 Å². The summed E-state index contributed by atoms with van der Waals surface area (Å²) in [6.07, 6.45) is 8.04. The molecule has 2 saturated carbocycles. The molecule has 0 aliphatic heterocycles. The van der Waals surface area contributed by atoms with E-state index in [0.29, 0.717) is 31.1 Å². The van der Waals surface area contributed by atoms with E-state index < -0.39 is 6.10 Å². The molecule has 0 aromatic carbocycles. The van der Waals surface area contributed by atoms with Crippen LogP contribution in [0.1, 0.15) is 113 Å². The first-order chi connectivity index (χ1) is 15.2. The molecule has 186 valence electrons. The average molecular weight is 457 g/mol. The van der Waals surface area contributed by atoms with Crippen LogP contribution in [-0.2, 0) is 9.59 Å². The second-order valence-corrected chi connectivity index (χ2v) is 14.0. The molecule has 1 N–H and O–H groups in total. The number of hydrogen-bond donors (Lipinski definition) is 1. The minimum atomic E-state index is -0.410. The van der Waals surface area contributed by atoms with Crippen LogP contribution in [0.15, 0.2) is 11.1 Å². The number of aliphatic hydroxyl groups is 1. The Bertz CT molecular complexity index is 866. The molecular formula is C30H48O3. The number of carbonyl (C=O) groups is 2. The summed E-state index contributed by atoms with van der Waals surface area (Å²) in [5.41, 5.74) is 0.780. The number of aliphatic hydroxyl groups excluding tert-OH is 1. The first-order valence-corrected chi connectivity index (χ1v) is 13.7. The minimum Gasteiger partial charge on any atom is -0.393 e. The van der Waals surface area contributed by atoms with Gasteiger partial charge in [0, 0.05) is 34.8 Å². The van der Waals surface area contributed by atoms with Gasteiger partial charge in [-0.3, -0.25) is 9.59 Å². The molecule has 0 aromatic rings. The summed E-state index contributed by atoms with van der Waals surface area (Å²) in [6, 6.07) is 0. The first kappa shape index (κ1) is 25.1. The van der Waals surface area contributed by atoms with E-state index >= 15 is 0 Å². The Morgan fingerprint density at radius 1 is 0.909 bits per heavy atom. The van der Waals surface area contributed by atoms with Gasteiger partial charge in [-0.15, -0.1) is 0 Å². The Morgan fingerprint density at radius 2 is 1.58 bits per heavy atom. The van der Waals surface area contributed by atoms with Gasteiger partial charge in [-0.25, -0.2) is 0 Å². The van der Waals surface area contributed by atoms with Crippen molar-refractivity contribution in [1.82, 2.24) is 0 Å². The zero-order valence-corrected chi connectivity index (χ0v) is 22.5. The Morgan fingerprint density at radius 3 is 2.21 bits per heavy atom. The normalized spacial score (nSPS) is 43.4. The maximum absolute atomic E-state index is 14.0. The zero-order valence-electron chi connectivity index (χ0n) is 22.5. The molecule has 0 aromatic heterocycles. The number of hydrogen-bond acceptors (Lipinski definition) is 3. The third kappa shape index (κ3) is 3.46. The molecule has 0 saturated heterocycles. The van der Waals surface area contributed by atoms with Crippen molar-refractivity contribution >= 4 is 11.6 Å². The molecule has 0 spiro atoms. The van der Waals surface area contributed by atoms with Gasteiger partial charge in [0.05, 0.1) is 6.10 Å². The quantitative estimate of drug-likeness (QED) is 0.488. The van der Waals surface area contributed by atoms with E-state index in [1.165, 1.54) is 19.3 Å². The summed E-state index contributed by atoms with van der Waals surface area (Å²) >= 11 is 0. The summed E-state index contributed by atoms with van der Waals surface area (Å²) in [6.45, 7) is 18.1. The van der Waals surface area contributed by atoms with Gasteiger partial charge in [0.2, 0.25) is 0 Å². The third-order valence-corrected chi connectivity index (χ3v) is 11.5. The number of fused-ring (bicyclic) bond motifs is 4. The first-order valence-electron chi connectivity index (χ1n) is 13.7. The van der Waals surface area contributed by atoms with Crippen LogP contribution in [-0.4, -0.2) is 22.8 Å². The Kier molecular flexibility index (Phi) is 6.12. The lowest BCUT2D eigenvalue weighted by Crippen LogP contribution is -2.59. The Labute approximate surface area is 202 Å². The number of Topliss-reactive ketones (excluding diaryl/α,β-unsaturated/α-hetero) is 2. The maximum atomic E-state index is 14.0. The minimum absolute atomic E-state index is 0.0315. The molecule has 3 heteroatoms. The molecule has 4 aliphatic rings. The van der Waals surface area contributed by atoms with Crippen LogP contribution >= 0.6 is 0 Å². The Hall–Kier alpha value is -0.960. The van der Waals surface area contributed by atoms with Gasteiger partial charge in [0.25, 0.3) is 0 Å². The zero-order chi connectivity index (χ0) is 24.6. The molecule has 0 heterocycles. The molecule has 0 radical (unpaired) electrons. The predicted molar refractivity (Wildman–Crippen MR) is 134 cm³/mol. The number of rotatable bonds is 5. The smallest absolute Gasteiger partial charge is 0.160 e. The molecular weight excluding hydrogens is 408 g/mol. The van der Waals surface area contributed by atoms with Crippen LogP contribution < -0.4 is 0 Å². The molecule has 4 rings (SSSR count). The molecule has 7 atom stereocenters.